The molecule has 4 heteroatoms. The average Bonchev–Trinajstić information content (AvgIpc) is 2.80. The summed E-state index contributed by atoms with van der Waals surface area (Å²) < 4.78 is 6.00. The van der Waals surface area contributed by atoms with Crippen LogP contribution in [-0.4, -0.2) is 37.0 Å². The van der Waals surface area contributed by atoms with E-state index in [-0.39, 0.29) is 5.91 Å². The maximum atomic E-state index is 13.5. The Morgan fingerprint density at radius 2 is 1.73 bits per heavy atom. The Labute approximate surface area is 199 Å². The summed E-state index contributed by atoms with van der Waals surface area (Å²) in [6.45, 7) is 10.8. The second-order valence-corrected chi connectivity index (χ2v) is 10.5. The molecule has 0 bridgehead atoms. The summed E-state index contributed by atoms with van der Waals surface area (Å²) >= 11 is 0. The lowest BCUT2D eigenvalue weighted by Gasteiger charge is -2.36. The maximum Gasteiger partial charge on any atom is 0.235 e. The topological polar surface area (TPSA) is 41.6 Å². The van der Waals surface area contributed by atoms with E-state index in [1.807, 2.05) is 24.3 Å². The zero-order chi connectivity index (χ0) is 23.3. The van der Waals surface area contributed by atoms with Crippen LogP contribution in [0.1, 0.15) is 63.5 Å². The highest BCUT2D eigenvalue weighted by molar-refractivity contribution is 5.99. The highest BCUT2D eigenvalue weighted by atomic mass is 16.5. The molecule has 0 radical (unpaired) electrons. The first kappa shape index (κ1) is 23.8. The van der Waals surface area contributed by atoms with E-state index in [0.29, 0.717) is 6.61 Å². The Bertz CT molecular complexity index is 907. The van der Waals surface area contributed by atoms with Crippen LogP contribution in [0.3, 0.4) is 0 Å². The van der Waals surface area contributed by atoms with Crippen molar-refractivity contribution in [3.63, 3.8) is 0 Å². The van der Waals surface area contributed by atoms with E-state index in [4.69, 9.17) is 4.74 Å². The van der Waals surface area contributed by atoms with Crippen molar-refractivity contribution in [3.8, 4) is 5.75 Å². The van der Waals surface area contributed by atoms with Crippen LogP contribution in [0.5, 0.6) is 5.75 Å². The predicted octanol–water partition coefficient (Wildman–Crippen LogP) is 6.19. The molecule has 1 aliphatic heterocycles. The van der Waals surface area contributed by atoms with Crippen LogP contribution >= 0.6 is 0 Å². The van der Waals surface area contributed by atoms with Crippen molar-refractivity contribution in [2.45, 2.75) is 64.7 Å². The van der Waals surface area contributed by atoms with Crippen molar-refractivity contribution in [1.82, 2.24) is 4.90 Å². The van der Waals surface area contributed by atoms with Gasteiger partial charge in [0.15, 0.2) is 0 Å². The molecule has 4 nitrogen and oxygen atoms in total. The van der Waals surface area contributed by atoms with Gasteiger partial charge < -0.3 is 10.1 Å². The number of hydrogen-bond donors (Lipinski definition) is 1. The van der Waals surface area contributed by atoms with Gasteiger partial charge in [0.05, 0.1) is 5.41 Å². The van der Waals surface area contributed by atoms with Crippen molar-refractivity contribution in [2.24, 2.45) is 11.8 Å². The molecule has 2 aromatic carbocycles. The molecular formula is C29H40N2O2. The highest BCUT2D eigenvalue weighted by Gasteiger charge is 2.41. The second kappa shape index (κ2) is 10.7. The number of rotatable bonds is 7. The molecule has 2 fully saturated rings. The minimum Gasteiger partial charge on any atom is -0.492 e. The molecule has 1 saturated carbocycles. The number of nitrogens with zero attached hydrogens (tertiary/aromatic N) is 1. The normalized spacial score (nSPS) is 23.1. The maximum absolute atomic E-state index is 13.5. The van der Waals surface area contributed by atoms with E-state index in [0.717, 1.165) is 61.1 Å². The van der Waals surface area contributed by atoms with Crippen LogP contribution in [0.25, 0.3) is 0 Å². The molecule has 0 unspecified atom stereocenters. The molecule has 33 heavy (non-hydrogen) atoms. The van der Waals surface area contributed by atoms with Gasteiger partial charge in [-0.15, -0.1) is 0 Å². The van der Waals surface area contributed by atoms with Crippen LogP contribution in [-0.2, 0) is 10.2 Å². The monoisotopic (exact) mass is 448 g/mol. The molecule has 2 atom stereocenters. The van der Waals surface area contributed by atoms with Gasteiger partial charge in [-0.2, -0.15) is 0 Å². The molecule has 0 spiro atoms. The minimum atomic E-state index is -0.428. The summed E-state index contributed by atoms with van der Waals surface area (Å²) in [5.74, 6) is 2.51. The Kier molecular flexibility index (Phi) is 7.75. The van der Waals surface area contributed by atoms with E-state index in [2.05, 4.69) is 55.3 Å². The summed E-state index contributed by atoms with van der Waals surface area (Å²) in [6.07, 6.45) is 6.57. The zero-order valence-electron chi connectivity index (χ0n) is 20.6. The first-order chi connectivity index (χ1) is 15.9. The number of piperidine rings is 1. The fraction of sp³-hybridized carbons (Fsp3) is 0.552. The minimum absolute atomic E-state index is 0.120. The van der Waals surface area contributed by atoms with Gasteiger partial charge in [0.2, 0.25) is 5.91 Å². The van der Waals surface area contributed by atoms with Crippen molar-refractivity contribution in [1.29, 1.82) is 0 Å². The smallest absolute Gasteiger partial charge is 0.235 e. The molecule has 2 aliphatic rings. The fourth-order valence-corrected chi connectivity index (χ4v) is 5.90. The Balaban J connectivity index is 1.35. The van der Waals surface area contributed by atoms with Crippen LogP contribution in [0.4, 0.5) is 5.69 Å². The van der Waals surface area contributed by atoms with E-state index in [9.17, 15) is 4.79 Å². The second-order valence-electron chi connectivity index (χ2n) is 10.5. The van der Waals surface area contributed by atoms with Gasteiger partial charge in [-0.1, -0.05) is 62.9 Å². The van der Waals surface area contributed by atoms with Gasteiger partial charge in [-0.3, -0.25) is 9.69 Å². The van der Waals surface area contributed by atoms with Crippen LogP contribution in [0, 0.1) is 18.8 Å². The molecule has 1 aliphatic carbocycles. The quantitative estimate of drug-likeness (QED) is 0.549. The molecule has 1 N–H and O–H groups in total. The average molecular weight is 449 g/mol. The van der Waals surface area contributed by atoms with Gasteiger partial charge in [-0.05, 0) is 67.9 Å². The number of carbonyl (C=O) groups is 1. The summed E-state index contributed by atoms with van der Waals surface area (Å²) in [5.41, 5.74) is 2.77. The number of ether oxygens (including phenoxy) is 1. The number of benzene rings is 2. The number of hydrogen-bond acceptors (Lipinski definition) is 3. The standard InChI is InChI=1S/C29H40N2O2/c1-22-8-7-9-25(19-22)29(14-5-4-6-15-29)28(32)30-26-10-12-27(13-11-26)33-17-16-31-20-23(2)18-24(3)21-31/h7-13,19,23-24H,4-6,14-18,20-21H2,1-3H3,(H,30,32)/t23-,24-/m1/s1. The Hall–Kier alpha value is -2.33. The van der Waals surface area contributed by atoms with Crippen LogP contribution in [0.2, 0.25) is 0 Å². The summed E-state index contributed by atoms with van der Waals surface area (Å²) in [7, 11) is 0. The van der Waals surface area contributed by atoms with E-state index in [1.165, 1.54) is 31.5 Å². The third kappa shape index (κ3) is 5.97. The highest BCUT2D eigenvalue weighted by Crippen LogP contribution is 2.41. The van der Waals surface area contributed by atoms with Gasteiger partial charge in [0.25, 0.3) is 0 Å². The summed E-state index contributed by atoms with van der Waals surface area (Å²) in [4.78, 5) is 16.1. The van der Waals surface area contributed by atoms with Crippen molar-refractivity contribution < 1.29 is 9.53 Å². The number of nitrogens with one attached hydrogen (secondary N) is 1. The third-order valence-electron chi connectivity index (χ3n) is 7.45. The lowest BCUT2D eigenvalue weighted by atomic mass is 9.68. The molecule has 1 saturated heterocycles. The SMILES string of the molecule is Cc1cccc(C2(C(=O)Nc3ccc(OCCN4C[C@H](C)C[C@@H](C)C4)cc3)CCCCC2)c1. The zero-order valence-corrected chi connectivity index (χ0v) is 20.6. The predicted molar refractivity (Wildman–Crippen MR) is 136 cm³/mol. The van der Waals surface area contributed by atoms with Crippen LogP contribution in [0.15, 0.2) is 48.5 Å². The molecule has 1 amide bonds. The van der Waals surface area contributed by atoms with Crippen LogP contribution < -0.4 is 10.1 Å². The van der Waals surface area contributed by atoms with Crippen molar-refractivity contribution in [3.05, 3.63) is 59.7 Å². The summed E-state index contributed by atoms with van der Waals surface area (Å²) in [5, 5.41) is 3.21. The van der Waals surface area contributed by atoms with E-state index < -0.39 is 5.41 Å². The number of aryl methyl sites for hydroxylation is 1. The Morgan fingerprint density at radius 3 is 2.39 bits per heavy atom. The fourth-order valence-electron chi connectivity index (χ4n) is 5.90. The van der Waals surface area contributed by atoms with Gasteiger partial charge in [-0.25, -0.2) is 0 Å². The van der Waals surface area contributed by atoms with Gasteiger partial charge >= 0.3 is 0 Å². The van der Waals surface area contributed by atoms with Crippen molar-refractivity contribution >= 4 is 11.6 Å². The number of carbonyl (C=O) groups excluding carboxylic acids is 1. The molecule has 1 heterocycles. The Morgan fingerprint density at radius 1 is 1.03 bits per heavy atom. The van der Waals surface area contributed by atoms with Gasteiger partial charge in [0, 0.05) is 25.3 Å². The number of amides is 1. The molecule has 4 rings (SSSR count). The first-order valence-electron chi connectivity index (χ1n) is 12.8. The largest absolute Gasteiger partial charge is 0.492 e. The third-order valence-corrected chi connectivity index (χ3v) is 7.45. The summed E-state index contributed by atoms with van der Waals surface area (Å²) in [6, 6.07) is 16.4. The lowest BCUT2D eigenvalue weighted by molar-refractivity contribution is -0.122. The van der Waals surface area contributed by atoms with E-state index in [1.54, 1.807) is 0 Å². The number of likely N-dealkylation sites (tertiary alicyclic amines) is 1. The molecule has 178 valence electrons. The number of anilines is 1. The van der Waals surface area contributed by atoms with Crippen molar-refractivity contribution in [2.75, 3.05) is 31.6 Å². The first-order valence-corrected chi connectivity index (χ1v) is 12.8. The lowest BCUT2D eigenvalue weighted by Crippen LogP contribution is -2.42. The molecular weight excluding hydrogens is 408 g/mol. The molecule has 2 aromatic rings. The van der Waals surface area contributed by atoms with Gasteiger partial charge in [0.1, 0.15) is 12.4 Å². The van der Waals surface area contributed by atoms with E-state index >= 15 is 0 Å². The molecule has 0 aromatic heterocycles.